The Kier molecular flexibility index (Phi) is 4.35. The SMILES string of the molecule is COc1ccc2c(-c3ccccc3)c(-c3ccc(Br)cc3)c(=O)oc2c1. The van der Waals surface area contributed by atoms with Gasteiger partial charge in [0.15, 0.2) is 0 Å². The normalized spacial score (nSPS) is 10.8. The standard InChI is InChI=1S/C22H15BrO3/c1-25-17-11-12-18-19(13-17)26-22(24)21(15-7-9-16(23)10-8-15)20(18)14-5-3-2-4-6-14/h2-13H,1H3. The van der Waals surface area contributed by atoms with E-state index >= 15 is 0 Å². The molecule has 0 radical (unpaired) electrons. The molecule has 3 nitrogen and oxygen atoms in total. The van der Waals surface area contributed by atoms with Crippen LogP contribution in [0.25, 0.3) is 33.2 Å². The molecule has 0 amide bonds. The van der Waals surface area contributed by atoms with Gasteiger partial charge in [-0.2, -0.15) is 0 Å². The van der Waals surface area contributed by atoms with Gasteiger partial charge in [0.05, 0.1) is 12.7 Å². The summed E-state index contributed by atoms with van der Waals surface area (Å²) in [5.41, 5.74) is 3.34. The summed E-state index contributed by atoms with van der Waals surface area (Å²) in [6.45, 7) is 0. The predicted octanol–water partition coefficient (Wildman–Crippen LogP) is 5.90. The van der Waals surface area contributed by atoms with Crippen molar-refractivity contribution >= 4 is 26.9 Å². The first-order valence-electron chi connectivity index (χ1n) is 8.13. The molecule has 0 unspecified atom stereocenters. The van der Waals surface area contributed by atoms with Crippen molar-refractivity contribution in [2.75, 3.05) is 7.11 Å². The van der Waals surface area contributed by atoms with Crippen molar-refractivity contribution in [1.82, 2.24) is 0 Å². The second-order valence-corrected chi connectivity index (χ2v) is 6.79. The number of benzene rings is 3. The summed E-state index contributed by atoms with van der Waals surface area (Å²) in [7, 11) is 1.59. The molecule has 4 aromatic rings. The average Bonchev–Trinajstić information content (AvgIpc) is 2.68. The lowest BCUT2D eigenvalue weighted by molar-refractivity contribution is 0.414. The number of rotatable bonds is 3. The molecule has 0 aliphatic rings. The summed E-state index contributed by atoms with van der Waals surface area (Å²) in [6.07, 6.45) is 0. The maximum atomic E-state index is 12.9. The second kappa shape index (κ2) is 6.81. The molecular formula is C22H15BrO3. The fourth-order valence-electron chi connectivity index (χ4n) is 3.09. The van der Waals surface area contributed by atoms with E-state index in [1.165, 1.54) is 0 Å². The zero-order valence-electron chi connectivity index (χ0n) is 14.0. The lowest BCUT2D eigenvalue weighted by Crippen LogP contribution is -2.06. The van der Waals surface area contributed by atoms with Crippen molar-refractivity contribution in [2.45, 2.75) is 0 Å². The smallest absolute Gasteiger partial charge is 0.344 e. The first kappa shape index (κ1) is 16.6. The zero-order valence-corrected chi connectivity index (χ0v) is 15.6. The van der Waals surface area contributed by atoms with E-state index in [0.29, 0.717) is 16.9 Å². The first-order chi connectivity index (χ1) is 12.7. The third-order valence-electron chi connectivity index (χ3n) is 4.31. The van der Waals surface area contributed by atoms with Crippen molar-refractivity contribution in [1.29, 1.82) is 0 Å². The highest BCUT2D eigenvalue weighted by Crippen LogP contribution is 2.37. The quantitative estimate of drug-likeness (QED) is 0.397. The molecule has 4 rings (SSSR count). The molecule has 4 heteroatoms. The van der Waals surface area contributed by atoms with Crippen LogP contribution in [0.15, 0.2) is 86.5 Å². The van der Waals surface area contributed by atoms with E-state index in [1.54, 1.807) is 13.2 Å². The van der Waals surface area contributed by atoms with E-state index in [9.17, 15) is 4.79 Å². The summed E-state index contributed by atoms with van der Waals surface area (Å²) in [5, 5.41) is 0.870. The van der Waals surface area contributed by atoms with Crippen LogP contribution in [0, 0.1) is 0 Å². The Bertz CT molecular complexity index is 1130. The molecular weight excluding hydrogens is 392 g/mol. The Balaban J connectivity index is 2.12. The van der Waals surface area contributed by atoms with Crippen molar-refractivity contribution < 1.29 is 9.15 Å². The van der Waals surface area contributed by atoms with Crippen LogP contribution in [0.4, 0.5) is 0 Å². The molecule has 0 N–H and O–H groups in total. The van der Waals surface area contributed by atoms with Crippen LogP contribution >= 0.6 is 15.9 Å². The van der Waals surface area contributed by atoms with E-state index < -0.39 is 0 Å². The Morgan fingerprint density at radius 1 is 0.846 bits per heavy atom. The van der Waals surface area contributed by atoms with Gasteiger partial charge in [-0.15, -0.1) is 0 Å². The van der Waals surface area contributed by atoms with Gasteiger partial charge in [0, 0.05) is 21.5 Å². The van der Waals surface area contributed by atoms with Crippen LogP contribution in [-0.4, -0.2) is 7.11 Å². The van der Waals surface area contributed by atoms with Crippen LogP contribution in [0.3, 0.4) is 0 Å². The molecule has 26 heavy (non-hydrogen) atoms. The molecule has 0 atom stereocenters. The highest BCUT2D eigenvalue weighted by molar-refractivity contribution is 9.10. The third-order valence-corrected chi connectivity index (χ3v) is 4.84. The molecule has 0 bridgehead atoms. The summed E-state index contributed by atoms with van der Waals surface area (Å²) >= 11 is 3.44. The van der Waals surface area contributed by atoms with Gasteiger partial charge >= 0.3 is 5.63 Å². The molecule has 0 saturated carbocycles. The van der Waals surface area contributed by atoms with Gasteiger partial charge in [-0.25, -0.2) is 4.79 Å². The summed E-state index contributed by atoms with van der Waals surface area (Å²) in [6, 6.07) is 23.1. The van der Waals surface area contributed by atoms with Gasteiger partial charge in [-0.05, 0) is 35.4 Å². The molecule has 0 aliphatic carbocycles. The molecule has 0 saturated heterocycles. The average molecular weight is 407 g/mol. The lowest BCUT2D eigenvalue weighted by atomic mass is 9.93. The van der Waals surface area contributed by atoms with Crippen LogP contribution < -0.4 is 10.4 Å². The van der Waals surface area contributed by atoms with Gasteiger partial charge in [0.2, 0.25) is 0 Å². The maximum absolute atomic E-state index is 12.9. The molecule has 128 valence electrons. The van der Waals surface area contributed by atoms with E-state index in [1.807, 2.05) is 66.7 Å². The van der Waals surface area contributed by atoms with Gasteiger partial charge in [-0.3, -0.25) is 0 Å². The van der Waals surface area contributed by atoms with Crippen LogP contribution in [0.5, 0.6) is 5.75 Å². The minimum atomic E-state index is -0.369. The van der Waals surface area contributed by atoms with E-state index in [4.69, 9.17) is 9.15 Å². The summed E-state index contributed by atoms with van der Waals surface area (Å²) < 4.78 is 11.9. The van der Waals surface area contributed by atoms with Gasteiger partial charge in [0.1, 0.15) is 11.3 Å². The van der Waals surface area contributed by atoms with Gasteiger partial charge in [-0.1, -0.05) is 58.4 Å². The molecule has 0 aliphatic heterocycles. The number of methoxy groups -OCH3 is 1. The number of halogens is 1. The van der Waals surface area contributed by atoms with Crippen molar-refractivity contribution in [3.63, 3.8) is 0 Å². The minimum absolute atomic E-state index is 0.369. The summed E-state index contributed by atoms with van der Waals surface area (Å²) in [4.78, 5) is 12.9. The molecule has 1 aromatic heterocycles. The topological polar surface area (TPSA) is 39.4 Å². The number of fused-ring (bicyclic) bond motifs is 1. The first-order valence-corrected chi connectivity index (χ1v) is 8.93. The lowest BCUT2D eigenvalue weighted by Gasteiger charge is -2.13. The highest BCUT2D eigenvalue weighted by Gasteiger charge is 2.18. The van der Waals surface area contributed by atoms with Gasteiger partial charge in [0.25, 0.3) is 0 Å². The van der Waals surface area contributed by atoms with E-state index in [0.717, 1.165) is 26.5 Å². The molecule has 0 spiro atoms. The summed E-state index contributed by atoms with van der Waals surface area (Å²) in [5.74, 6) is 0.649. The Labute approximate surface area is 159 Å². The van der Waals surface area contributed by atoms with Gasteiger partial charge < -0.3 is 9.15 Å². The largest absolute Gasteiger partial charge is 0.497 e. The monoisotopic (exact) mass is 406 g/mol. The molecule has 3 aromatic carbocycles. The van der Waals surface area contributed by atoms with Crippen molar-refractivity contribution in [3.05, 3.63) is 87.7 Å². The zero-order chi connectivity index (χ0) is 18.1. The number of ether oxygens (including phenoxy) is 1. The van der Waals surface area contributed by atoms with Crippen LogP contribution in [0.1, 0.15) is 0 Å². The highest BCUT2D eigenvalue weighted by atomic mass is 79.9. The van der Waals surface area contributed by atoms with Crippen molar-refractivity contribution in [2.24, 2.45) is 0 Å². The second-order valence-electron chi connectivity index (χ2n) is 5.87. The minimum Gasteiger partial charge on any atom is -0.497 e. The fourth-order valence-corrected chi connectivity index (χ4v) is 3.36. The van der Waals surface area contributed by atoms with Crippen LogP contribution in [0.2, 0.25) is 0 Å². The Hall–Kier alpha value is -2.85. The number of hydrogen-bond acceptors (Lipinski definition) is 3. The molecule has 0 fully saturated rings. The predicted molar refractivity (Wildman–Crippen MR) is 108 cm³/mol. The Morgan fingerprint density at radius 2 is 1.54 bits per heavy atom. The fraction of sp³-hybridized carbons (Fsp3) is 0.0455. The Morgan fingerprint density at radius 3 is 2.23 bits per heavy atom. The van der Waals surface area contributed by atoms with Crippen molar-refractivity contribution in [3.8, 4) is 28.0 Å². The number of hydrogen-bond donors (Lipinski definition) is 0. The van der Waals surface area contributed by atoms with Crippen LogP contribution in [-0.2, 0) is 0 Å². The molecule has 1 heterocycles. The third kappa shape index (κ3) is 2.93. The van der Waals surface area contributed by atoms with E-state index in [2.05, 4.69) is 15.9 Å². The van der Waals surface area contributed by atoms with E-state index in [-0.39, 0.29) is 5.63 Å². The maximum Gasteiger partial charge on any atom is 0.344 e.